The predicted octanol–water partition coefficient (Wildman–Crippen LogP) is 3.98. The summed E-state index contributed by atoms with van der Waals surface area (Å²) >= 11 is 8.44. The number of carbonyl (C=O) groups is 1. The number of carbonyl (C=O) groups excluding carboxylic acids is 1. The number of hydrogen-bond donors (Lipinski definition) is 1. The zero-order chi connectivity index (χ0) is 13.2. The Morgan fingerprint density at radius 1 is 1.59 bits per heavy atom. The molecule has 1 aromatic rings. The lowest BCUT2D eigenvalue weighted by atomic mass is 10.2. The summed E-state index contributed by atoms with van der Waals surface area (Å²) < 4.78 is 18.4. The summed E-state index contributed by atoms with van der Waals surface area (Å²) in [7, 11) is 0. The van der Waals surface area contributed by atoms with Crippen molar-refractivity contribution in [3.63, 3.8) is 0 Å². The highest BCUT2D eigenvalue weighted by molar-refractivity contribution is 9.10. The third-order valence-electron chi connectivity index (χ3n) is 1.55. The number of amides is 1. The minimum absolute atomic E-state index is 0.0309. The Labute approximate surface area is 112 Å². The van der Waals surface area contributed by atoms with Gasteiger partial charge in [-0.05, 0) is 36.7 Å². The molecule has 0 saturated carbocycles. The first kappa shape index (κ1) is 14.2. The van der Waals surface area contributed by atoms with Crippen LogP contribution in [0.2, 0.25) is 5.15 Å². The first-order chi connectivity index (χ1) is 7.70. The molecule has 4 nitrogen and oxygen atoms in total. The standard InChI is InChI=1S/C10H11BrClFN2O2/c1-10(2,3)17-9(16)15-5-4-14-8(12)7(13)6(5)11/h4H,1-3H3,(H,15,16). The second-order valence-electron chi connectivity index (χ2n) is 4.22. The Hall–Kier alpha value is -0.880. The van der Waals surface area contributed by atoms with Crippen molar-refractivity contribution in [1.82, 2.24) is 4.98 Å². The van der Waals surface area contributed by atoms with Gasteiger partial charge in [-0.15, -0.1) is 0 Å². The van der Waals surface area contributed by atoms with Crippen molar-refractivity contribution in [1.29, 1.82) is 0 Å². The molecule has 7 heteroatoms. The van der Waals surface area contributed by atoms with Gasteiger partial charge in [-0.1, -0.05) is 11.6 Å². The zero-order valence-electron chi connectivity index (χ0n) is 9.47. The fourth-order valence-electron chi connectivity index (χ4n) is 0.944. The van der Waals surface area contributed by atoms with E-state index in [9.17, 15) is 9.18 Å². The molecule has 0 saturated heterocycles. The van der Waals surface area contributed by atoms with Gasteiger partial charge in [0.2, 0.25) is 0 Å². The van der Waals surface area contributed by atoms with Crippen molar-refractivity contribution in [2.24, 2.45) is 0 Å². The van der Waals surface area contributed by atoms with Gasteiger partial charge in [0.05, 0.1) is 16.4 Å². The number of nitrogens with one attached hydrogen (secondary N) is 1. The van der Waals surface area contributed by atoms with Crippen molar-refractivity contribution < 1.29 is 13.9 Å². The van der Waals surface area contributed by atoms with E-state index in [2.05, 4.69) is 26.2 Å². The number of aromatic nitrogens is 1. The van der Waals surface area contributed by atoms with Gasteiger partial charge >= 0.3 is 6.09 Å². The van der Waals surface area contributed by atoms with E-state index in [1.54, 1.807) is 20.8 Å². The molecular formula is C10H11BrClFN2O2. The van der Waals surface area contributed by atoms with Gasteiger partial charge in [0.25, 0.3) is 0 Å². The van der Waals surface area contributed by atoms with Crippen molar-refractivity contribution in [3.8, 4) is 0 Å². The molecule has 1 N–H and O–H groups in total. The van der Waals surface area contributed by atoms with Crippen molar-refractivity contribution in [3.05, 3.63) is 21.6 Å². The maximum Gasteiger partial charge on any atom is 0.412 e. The fourth-order valence-corrected chi connectivity index (χ4v) is 1.59. The fraction of sp³-hybridized carbons (Fsp3) is 0.400. The SMILES string of the molecule is CC(C)(C)OC(=O)Nc1cnc(Cl)c(F)c1Br. The third kappa shape index (κ3) is 4.12. The summed E-state index contributed by atoms with van der Waals surface area (Å²) in [6.45, 7) is 5.17. The quantitative estimate of drug-likeness (QED) is 0.794. The number of nitrogens with zero attached hydrogens (tertiary/aromatic N) is 1. The van der Waals surface area contributed by atoms with E-state index in [4.69, 9.17) is 16.3 Å². The average Bonchev–Trinajstić information content (AvgIpc) is 2.16. The second-order valence-corrected chi connectivity index (χ2v) is 5.37. The van der Waals surface area contributed by atoms with Gasteiger partial charge in [0.15, 0.2) is 11.0 Å². The lowest BCUT2D eigenvalue weighted by Crippen LogP contribution is -2.27. The smallest absolute Gasteiger partial charge is 0.412 e. The highest BCUT2D eigenvalue weighted by atomic mass is 79.9. The molecule has 1 heterocycles. The molecule has 0 spiro atoms. The van der Waals surface area contributed by atoms with E-state index in [1.165, 1.54) is 6.20 Å². The number of rotatable bonds is 1. The van der Waals surface area contributed by atoms with Crippen LogP contribution in [0.3, 0.4) is 0 Å². The molecule has 1 aromatic heterocycles. The van der Waals surface area contributed by atoms with Gasteiger partial charge < -0.3 is 4.74 Å². The van der Waals surface area contributed by atoms with Gasteiger partial charge in [0, 0.05) is 0 Å². The van der Waals surface area contributed by atoms with E-state index >= 15 is 0 Å². The van der Waals surface area contributed by atoms with Crippen LogP contribution in [0.25, 0.3) is 0 Å². The van der Waals surface area contributed by atoms with E-state index < -0.39 is 17.5 Å². The van der Waals surface area contributed by atoms with Gasteiger partial charge in [-0.25, -0.2) is 14.2 Å². The van der Waals surface area contributed by atoms with Crippen LogP contribution in [0.5, 0.6) is 0 Å². The molecule has 0 fully saturated rings. The normalized spacial score (nSPS) is 11.2. The first-order valence-electron chi connectivity index (χ1n) is 4.70. The number of hydrogen-bond acceptors (Lipinski definition) is 3. The lowest BCUT2D eigenvalue weighted by molar-refractivity contribution is 0.0636. The highest BCUT2D eigenvalue weighted by Gasteiger charge is 2.18. The van der Waals surface area contributed by atoms with Crippen LogP contribution in [0.4, 0.5) is 14.9 Å². The molecule has 0 aliphatic rings. The molecule has 0 radical (unpaired) electrons. The Bertz CT molecular complexity index is 449. The largest absolute Gasteiger partial charge is 0.444 e. The molecule has 1 rings (SSSR count). The number of halogens is 3. The maximum absolute atomic E-state index is 13.3. The van der Waals surface area contributed by atoms with Gasteiger partial charge in [0.1, 0.15) is 5.60 Å². The van der Waals surface area contributed by atoms with E-state index in [1.807, 2.05) is 0 Å². The molecule has 0 atom stereocenters. The topological polar surface area (TPSA) is 51.2 Å². The predicted molar refractivity (Wildman–Crippen MR) is 66.8 cm³/mol. The van der Waals surface area contributed by atoms with Crippen molar-refractivity contribution in [2.75, 3.05) is 5.32 Å². The van der Waals surface area contributed by atoms with Crippen LogP contribution in [0.1, 0.15) is 20.8 Å². The van der Waals surface area contributed by atoms with Crippen LogP contribution < -0.4 is 5.32 Å². The Morgan fingerprint density at radius 3 is 2.71 bits per heavy atom. The molecule has 94 valence electrons. The monoisotopic (exact) mass is 324 g/mol. The van der Waals surface area contributed by atoms with Crippen LogP contribution in [0, 0.1) is 5.82 Å². The minimum Gasteiger partial charge on any atom is -0.444 e. The molecule has 1 amide bonds. The molecular weight excluding hydrogens is 314 g/mol. The summed E-state index contributed by atoms with van der Waals surface area (Å²) in [5, 5.41) is 2.09. The summed E-state index contributed by atoms with van der Waals surface area (Å²) in [6, 6.07) is 0. The Morgan fingerprint density at radius 2 is 2.18 bits per heavy atom. The molecule has 0 aromatic carbocycles. The summed E-state index contributed by atoms with van der Waals surface area (Å²) in [5.41, 5.74) is -0.476. The Balaban J connectivity index is 2.83. The Kier molecular flexibility index (Phi) is 4.32. The summed E-state index contributed by atoms with van der Waals surface area (Å²) in [6.07, 6.45) is 0.543. The zero-order valence-corrected chi connectivity index (χ0v) is 11.8. The summed E-state index contributed by atoms with van der Waals surface area (Å²) in [5.74, 6) is -0.736. The molecule has 0 unspecified atom stereocenters. The van der Waals surface area contributed by atoms with Crippen LogP contribution in [-0.4, -0.2) is 16.7 Å². The highest BCUT2D eigenvalue weighted by Crippen LogP contribution is 2.28. The molecule has 0 aliphatic heterocycles. The number of ether oxygens (including phenoxy) is 1. The lowest BCUT2D eigenvalue weighted by Gasteiger charge is -2.19. The molecule has 17 heavy (non-hydrogen) atoms. The van der Waals surface area contributed by atoms with Crippen molar-refractivity contribution in [2.45, 2.75) is 26.4 Å². The van der Waals surface area contributed by atoms with Crippen LogP contribution >= 0.6 is 27.5 Å². The molecule has 0 aliphatic carbocycles. The minimum atomic E-state index is -0.736. The second kappa shape index (κ2) is 5.18. The van der Waals surface area contributed by atoms with Crippen molar-refractivity contribution >= 4 is 39.3 Å². The average molecular weight is 326 g/mol. The first-order valence-corrected chi connectivity index (χ1v) is 5.87. The van der Waals surface area contributed by atoms with Gasteiger partial charge in [-0.3, -0.25) is 5.32 Å². The van der Waals surface area contributed by atoms with E-state index in [0.717, 1.165) is 0 Å². The van der Waals surface area contributed by atoms with Crippen LogP contribution in [-0.2, 0) is 4.74 Å². The number of anilines is 1. The van der Waals surface area contributed by atoms with Crippen LogP contribution in [0.15, 0.2) is 10.7 Å². The maximum atomic E-state index is 13.3. The molecule has 0 bridgehead atoms. The number of pyridine rings is 1. The van der Waals surface area contributed by atoms with E-state index in [0.29, 0.717) is 0 Å². The third-order valence-corrected chi connectivity index (χ3v) is 2.59. The van der Waals surface area contributed by atoms with Gasteiger partial charge in [-0.2, -0.15) is 0 Å². The summed E-state index contributed by atoms with van der Waals surface area (Å²) in [4.78, 5) is 15.0. The van der Waals surface area contributed by atoms with E-state index in [-0.39, 0.29) is 15.3 Å².